The Morgan fingerprint density at radius 1 is 1.20 bits per heavy atom. The third-order valence-corrected chi connectivity index (χ3v) is 4.43. The van der Waals surface area contributed by atoms with E-state index >= 15 is 0 Å². The molecule has 0 amide bonds. The molecule has 0 aliphatic carbocycles. The lowest BCUT2D eigenvalue weighted by atomic mass is 10.1. The average Bonchev–Trinajstić information content (AvgIpc) is 2.75. The molecule has 20 heavy (non-hydrogen) atoms. The van der Waals surface area contributed by atoms with Gasteiger partial charge in [-0.3, -0.25) is 0 Å². The van der Waals surface area contributed by atoms with Crippen molar-refractivity contribution in [3.8, 4) is 0 Å². The summed E-state index contributed by atoms with van der Waals surface area (Å²) in [7, 11) is 0. The highest BCUT2D eigenvalue weighted by molar-refractivity contribution is 7.11. The van der Waals surface area contributed by atoms with Gasteiger partial charge >= 0.3 is 0 Å². The minimum Gasteiger partial charge on any atom is -0.305 e. The summed E-state index contributed by atoms with van der Waals surface area (Å²) in [6.07, 6.45) is -2.40. The van der Waals surface area contributed by atoms with Crippen LogP contribution in [0.2, 0.25) is 0 Å². The maximum Gasteiger partial charge on any atom is 0.263 e. The Balaban J connectivity index is 1.96. The number of hydrogen-bond acceptors (Lipinski definition) is 3. The Morgan fingerprint density at radius 2 is 1.85 bits per heavy atom. The first-order valence-corrected chi connectivity index (χ1v) is 7.33. The van der Waals surface area contributed by atoms with Crippen LogP contribution in [0.15, 0.2) is 24.3 Å². The third-order valence-electron chi connectivity index (χ3n) is 3.18. The summed E-state index contributed by atoms with van der Waals surface area (Å²) in [5.74, 6) is 0. The molecule has 0 aliphatic heterocycles. The third kappa shape index (κ3) is 3.61. The topological polar surface area (TPSA) is 24.9 Å². The van der Waals surface area contributed by atoms with Crippen molar-refractivity contribution < 1.29 is 8.78 Å². The Labute approximate surface area is 121 Å². The van der Waals surface area contributed by atoms with Crippen LogP contribution >= 0.6 is 11.3 Å². The number of thiazole rings is 1. The standard InChI is InChI=1S/C15H18F2N2S/c1-9(14-10(2)19-11(3)20-14)18-8-12-4-6-13(7-5-12)15(16)17/h4-7,9,15,18H,8H2,1-3H3. The zero-order chi connectivity index (χ0) is 14.7. The molecule has 1 atom stereocenters. The summed E-state index contributed by atoms with van der Waals surface area (Å²) < 4.78 is 24.9. The summed E-state index contributed by atoms with van der Waals surface area (Å²) in [6, 6.07) is 6.65. The maximum atomic E-state index is 12.5. The van der Waals surface area contributed by atoms with Gasteiger partial charge in [-0.25, -0.2) is 13.8 Å². The first-order chi connectivity index (χ1) is 9.47. The van der Waals surface area contributed by atoms with Gasteiger partial charge in [-0.2, -0.15) is 0 Å². The fourth-order valence-corrected chi connectivity index (χ4v) is 3.05. The molecule has 2 nitrogen and oxygen atoms in total. The summed E-state index contributed by atoms with van der Waals surface area (Å²) >= 11 is 1.69. The van der Waals surface area contributed by atoms with Gasteiger partial charge in [0.1, 0.15) is 0 Å². The number of alkyl halides is 2. The van der Waals surface area contributed by atoms with Crippen LogP contribution < -0.4 is 5.32 Å². The molecule has 0 fully saturated rings. The number of aromatic nitrogens is 1. The maximum absolute atomic E-state index is 12.5. The number of nitrogens with zero attached hydrogens (tertiary/aromatic N) is 1. The molecular weight excluding hydrogens is 278 g/mol. The lowest BCUT2D eigenvalue weighted by molar-refractivity contribution is 0.151. The van der Waals surface area contributed by atoms with Crippen molar-refractivity contribution in [3.05, 3.63) is 51.0 Å². The first kappa shape index (κ1) is 15.1. The van der Waals surface area contributed by atoms with E-state index in [1.165, 1.54) is 17.0 Å². The van der Waals surface area contributed by atoms with Crippen molar-refractivity contribution in [3.63, 3.8) is 0 Å². The molecule has 0 saturated heterocycles. The predicted octanol–water partition coefficient (Wildman–Crippen LogP) is 4.55. The van der Waals surface area contributed by atoms with Crippen LogP contribution in [0.1, 0.15) is 46.1 Å². The van der Waals surface area contributed by atoms with Crippen molar-refractivity contribution in [1.29, 1.82) is 0 Å². The molecule has 0 aliphatic rings. The number of hydrogen-bond donors (Lipinski definition) is 1. The van der Waals surface area contributed by atoms with Crippen LogP contribution in [0, 0.1) is 13.8 Å². The highest BCUT2D eigenvalue weighted by atomic mass is 32.1. The molecule has 5 heteroatoms. The molecule has 1 heterocycles. The van der Waals surface area contributed by atoms with E-state index in [0.717, 1.165) is 16.3 Å². The van der Waals surface area contributed by atoms with E-state index in [9.17, 15) is 8.78 Å². The molecule has 1 N–H and O–H groups in total. The summed E-state index contributed by atoms with van der Waals surface area (Å²) in [4.78, 5) is 5.64. The van der Waals surface area contributed by atoms with Gasteiger partial charge in [0.25, 0.3) is 6.43 Å². The molecule has 1 aromatic carbocycles. The fourth-order valence-electron chi connectivity index (χ4n) is 2.09. The molecule has 1 unspecified atom stereocenters. The zero-order valence-electron chi connectivity index (χ0n) is 11.8. The van der Waals surface area contributed by atoms with Crippen molar-refractivity contribution in [2.75, 3.05) is 0 Å². The molecule has 1 aromatic heterocycles. The Bertz CT molecular complexity index is 564. The second-order valence-electron chi connectivity index (χ2n) is 4.83. The lowest BCUT2D eigenvalue weighted by Gasteiger charge is -2.13. The molecule has 2 rings (SSSR count). The van der Waals surface area contributed by atoms with Gasteiger partial charge in [-0.05, 0) is 26.3 Å². The minimum absolute atomic E-state index is 0.0655. The van der Waals surface area contributed by atoms with E-state index < -0.39 is 6.43 Å². The van der Waals surface area contributed by atoms with Gasteiger partial charge in [0, 0.05) is 23.0 Å². The first-order valence-electron chi connectivity index (χ1n) is 6.51. The Morgan fingerprint density at radius 3 is 2.35 bits per heavy atom. The smallest absolute Gasteiger partial charge is 0.263 e. The van der Waals surface area contributed by atoms with E-state index in [-0.39, 0.29) is 11.6 Å². The van der Waals surface area contributed by atoms with Crippen molar-refractivity contribution in [2.24, 2.45) is 0 Å². The summed E-state index contributed by atoms with van der Waals surface area (Å²) in [5.41, 5.74) is 2.12. The molecule has 2 aromatic rings. The van der Waals surface area contributed by atoms with Crippen LogP contribution in [0.5, 0.6) is 0 Å². The highest BCUT2D eigenvalue weighted by Gasteiger charge is 2.12. The monoisotopic (exact) mass is 296 g/mol. The predicted molar refractivity (Wildman–Crippen MR) is 78.2 cm³/mol. The van der Waals surface area contributed by atoms with E-state index in [4.69, 9.17) is 0 Å². The quantitative estimate of drug-likeness (QED) is 0.875. The highest BCUT2D eigenvalue weighted by Crippen LogP contribution is 2.25. The number of nitrogens with one attached hydrogen (secondary N) is 1. The van der Waals surface area contributed by atoms with Gasteiger partial charge in [0.05, 0.1) is 10.7 Å². The lowest BCUT2D eigenvalue weighted by Crippen LogP contribution is -2.17. The normalized spacial score (nSPS) is 12.9. The second kappa shape index (κ2) is 6.41. The van der Waals surface area contributed by atoms with Crippen LogP contribution in [0.4, 0.5) is 8.78 Å². The van der Waals surface area contributed by atoms with E-state index in [2.05, 4.69) is 17.2 Å². The number of halogens is 2. The van der Waals surface area contributed by atoms with Crippen molar-refractivity contribution >= 4 is 11.3 Å². The largest absolute Gasteiger partial charge is 0.305 e. The summed E-state index contributed by atoms with van der Waals surface area (Å²) in [5, 5.41) is 4.46. The Hall–Kier alpha value is -1.33. The zero-order valence-corrected chi connectivity index (χ0v) is 12.6. The number of rotatable bonds is 5. The molecule has 0 saturated carbocycles. The Kier molecular flexibility index (Phi) is 4.83. The summed E-state index contributed by atoms with van der Waals surface area (Å²) in [6.45, 7) is 6.75. The number of benzene rings is 1. The van der Waals surface area contributed by atoms with Crippen LogP contribution in [-0.4, -0.2) is 4.98 Å². The molecule has 0 radical (unpaired) electrons. The minimum atomic E-state index is -2.40. The van der Waals surface area contributed by atoms with Gasteiger partial charge in [-0.15, -0.1) is 11.3 Å². The van der Waals surface area contributed by atoms with Gasteiger partial charge in [-0.1, -0.05) is 24.3 Å². The van der Waals surface area contributed by atoms with Gasteiger partial charge in [0.2, 0.25) is 0 Å². The van der Waals surface area contributed by atoms with Crippen molar-refractivity contribution in [1.82, 2.24) is 10.3 Å². The SMILES string of the molecule is Cc1nc(C)c(C(C)NCc2ccc(C(F)F)cc2)s1. The van der Waals surface area contributed by atoms with Crippen LogP contribution in [0.3, 0.4) is 0 Å². The number of aryl methyl sites for hydroxylation is 2. The van der Waals surface area contributed by atoms with Crippen LogP contribution in [-0.2, 0) is 6.54 Å². The van der Waals surface area contributed by atoms with Gasteiger partial charge in [0.15, 0.2) is 0 Å². The van der Waals surface area contributed by atoms with Crippen LogP contribution in [0.25, 0.3) is 0 Å². The second-order valence-corrected chi connectivity index (χ2v) is 6.06. The van der Waals surface area contributed by atoms with Gasteiger partial charge < -0.3 is 5.32 Å². The van der Waals surface area contributed by atoms with E-state index in [0.29, 0.717) is 6.54 Å². The van der Waals surface area contributed by atoms with E-state index in [1.807, 2.05) is 13.8 Å². The molecule has 0 spiro atoms. The van der Waals surface area contributed by atoms with Crippen molar-refractivity contribution in [2.45, 2.75) is 39.8 Å². The molecule has 108 valence electrons. The molecule has 0 bridgehead atoms. The fraction of sp³-hybridized carbons (Fsp3) is 0.400. The molecular formula is C15H18F2N2S. The average molecular weight is 296 g/mol. The van der Waals surface area contributed by atoms with E-state index in [1.54, 1.807) is 23.5 Å².